The topological polar surface area (TPSA) is 142 Å². The summed E-state index contributed by atoms with van der Waals surface area (Å²) in [6.45, 7) is 16.4. The van der Waals surface area contributed by atoms with E-state index in [1.807, 2.05) is 84.9 Å². The fourth-order valence-electron chi connectivity index (χ4n) is 6.34. The van der Waals surface area contributed by atoms with Gasteiger partial charge in [-0.1, -0.05) is 133 Å². The summed E-state index contributed by atoms with van der Waals surface area (Å²) in [4.78, 5) is 54.6. The Labute approximate surface area is 315 Å². The van der Waals surface area contributed by atoms with Crippen molar-refractivity contribution in [3.8, 4) is 11.1 Å². The molecule has 0 heterocycles. The molecular formula is C42H56N4O6S. The molecule has 0 bridgehead atoms. The van der Waals surface area contributed by atoms with E-state index in [0.717, 1.165) is 16.7 Å². The number of hydrogen-bond acceptors (Lipinski definition) is 7. The zero-order valence-electron chi connectivity index (χ0n) is 32.9. The second kappa shape index (κ2) is 17.5. The lowest BCUT2D eigenvalue weighted by atomic mass is 9.76. The van der Waals surface area contributed by atoms with Crippen LogP contribution in [0.15, 0.2) is 90.5 Å². The standard InChI is InChI=1S/C42H56N4O6S/c1-27(2)35(25-28(3)38(48)45-53(51,52)26-30-15-13-12-14-16-30)46(11)40(50)37(41(5,6)7)44-39(49)36(43-10)42(8,9)34-23-21-33(22-24-34)32-19-17-31(18-20-32)29(4)47/h12-25,27,35-37,43H,26H2,1-11H3,(H,44,49)(H,45,48)/b28-25+/t35-,36-,37-/m1/s1. The number of sulfonamides is 1. The number of nitrogens with zero attached hydrogens (tertiary/aromatic N) is 1. The van der Waals surface area contributed by atoms with Crippen molar-refractivity contribution in [3.05, 3.63) is 107 Å². The van der Waals surface area contributed by atoms with Gasteiger partial charge in [-0.05, 0) is 54.5 Å². The number of Topliss-reactive ketones (excluding diaryl/α,β-unsaturated/α-hetero) is 1. The van der Waals surface area contributed by atoms with Gasteiger partial charge in [0.05, 0.1) is 17.8 Å². The van der Waals surface area contributed by atoms with Crippen LogP contribution >= 0.6 is 0 Å². The summed E-state index contributed by atoms with van der Waals surface area (Å²) < 4.78 is 27.6. The molecule has 3 aromatic rings. The zero-order valence-corrected chi connectivity index (χ0v) is 33.7. The predicted octanol–water partition coefficient (Wildman–Crippen LogP) is 6.03. The minimum atomic E-state index is -3.96. The monoisotopic (exact) mass is 744 g/mol. The molecule has 0 aliphatic rings. The van der Waals surface area contributed by atoms with Gasteiger partial charge in [-0.15, -0.1) is 0 Å². The third kappa shape index (κ3) is 11.2. The van der Waals surface area contributed by atoms with Crippen LogP contribution in [0.1, 0.15) is 83.8 Å². The molecule has 3 rings (SSSR count). The number of ketones is 1. The molecule has 53 heavy (non-hydrogen) atoms. The number of hydrogen-bond donors (Lipinski definition) is 3. The molecule has 10 nitrogen and oxygen atoms in total. The molecule has 0 saturated carbocycles. The number of carbonyl (C=O) groups excluding carboxylic acids is 4. The van der Waals surface area contributed by atoms with Crippen LogP contribution in [0.3, 0.4) is 0 Å². The van der Waals surface area contributed by atoms with Crippen LogP contribution in [0.25, 0.3) is 11.1 Å². The second-order valence-electron chi connectivity index (χ2n) is 15.7. The van der Waals surface area contributed by atoms with Gasteiger partial charge in [-0.2, -0.15) is 0 Å². The first-order chi connectivity index (χ1) is 24.6. The first kappa shape index (κ1) is 42.8. The van der Waals surface area contributed by atoms with Crippen LogP contribution in [0.5, 0.6) is 0 Å². The van der Waals surface area contributed by atoms with Crippen molar-refractivity contribution in [1.82, 2.24) is 20.3 Å². The van der Waals surface area contributed by atoms with Crippen LogP contribution in [0, 0.1) is 11.3 Å². The van der Waals surface area contributed by atoms with Crippen molar-refractivity contribution in [1.29, 1.82) is 0 Å². The first-order valence-corrected chi connectivity index (χ1v) is 19.5. The maximum Gasteiger partial charge on any atom is 0.260 e. The fraction of sp³-hybridized carbons (Fsp3) is 0.429. The molecule has 11 heteroatoms. The normalized spacial score (nSPS) is 14.2. The van der Waals surface area contributed by atoms with Crippen molar-refractivity contribution in [2.75, 3.05) is 14.1 Å². The van der Waals surface area contributed by atoms with Gasteiger partial charge in [0, 0.05) is 23.6 Å². The lowest BCUT2D eigenvalue weighted by molar-refractivity contribution is -0.140. The van der Waals surface area contributed by atoms with Gasteiger partial charge < -0.3 is 15.5 Å². The highest BCUT2D eigenvalue weighted by molar-refractivity contribution is 7.89. The van der Waals surface area contributed by atoms with Crippen molar-refractivity contribution >= 4 is 33.5 Å². The van der Waals surface area contributed by atoms with Crippen LogP contribution in [0.2, 0.25) is 0 Å². The van der Waals surface area contributed by atoms with Crippen molar-refractivity contribution in [2.24, 2.45) is 11.3 Å². The number of amides is 3. The van der Waals surface area contributed by atoms with Crippen LogP contribution in [-0.4, -0.2) is 69.0 Å². The molecule has 0 spiro atoms. The molecule has 3 amide bonds. The highest BCUT2D eigenvalue weighted by Gasteiger charge is 2.41. The Morgan fingerprint density at radius 2 is 1.32 bits per heavy atom. The lowest BCUT2D eigenvalue weighted by Crippen LogP contribution is -2.61. The molecule has 0 aliphatic heterocycles. The van der Waals surface area contributed by atoms with E-state index >= 15 is 0 Å². The van der Waals surface area contributed by atoms with E-state index in [2.05, 4.69) is 15.4 Å². The summed E-state index contributed by atoms with van der Waals surface area (Å²) in [7, 11) is -0.626. The van der Waals surface area contributed by atoms with Gasteiger partial charge in [-0.3, -0.25) is 19.2 Å². The third-order valence-electron chi connectivity index (χ3n) is 9.63. The molecule has 0 unspecified atom stereocenters. The van der Waals surface area contributed by atoms with Gasteiger partial charge in [-0.25, -0.2) is 13.1 Å². The van der Waals surface area contributed by atoms with Crippen LogP contribution in [0.4, 0.5) is 0 Å². The molecule has 3 atom stereocenters. The fourth-order valence-corrected chi connectivity index (χ4v) is 7.48. The van der Waals surface area contributed by atoms with E-state index in [-0.39, 0.29) is 34.8 Å². The average molecular weight is 745 g/mol. The minimum Gasteiger partial charge on any atom is -0.342 e. The first-order valence-electron chi connectivity index (χ1n) is 17.8. The van der Waals surface area contributed by atoms with E-state index in [1.165, 1.54) is 18.7 Å². The van der Waals surface area contributed by atoms with Gasteiger partial charge in [0.2, 0.25) is 21.8 Å². The number of nitrogens with one attached hydrogen (secondary N) is 3. The number of benzene rings is 3. The zero-order chi connectivity index (χ0) is 39.9. The molecular weight excluding hydrogens is 689 g/mol. The Hall–Kier alpha value is -4.61. The quantitative estimate of drug-likeness (QED) is 0.128. The van der Waals surface area contributed by atoms with E-state index in [4.69, 9.17) is 0 Å². The summed E-state index contributed by atoms with van der Waals surface area (Å²) in [5, 5.41) is 6.21. The predicted molar refractivity (Wildman–Crippen MR) is 212 cm³/mol. The molecule has 0 fully saturated rings. The molecule has 0 radical (unpaired) electrons. The Kier molecular flexibility index (Phi) is 14.1. The van der Waals surface area contributed by atoms with Crippen molar-refractivity contribution in [3.63, 3.8) is 0 Å². The molecule has 286 valence electrons. The average Bonchev–Trinajstić information content (AvgIpc) is 3.08. The van der Waals surface area contributed by atoms with E-state index in [1.54, 1.807) is 62.6 Å². The van der Waals surface area contributed by atoms with Gasteiger partial charge in [0.25, 0.3) is 5.91 Å². The van der Waals surface area contributed by atoms with Gasteiger partial charge in [0.15, 0.2) is 5.78 Å². The summed E-state index contributed by atoms with van der Waals surface area (Å²) >= 11 is 0. The van der Waals surface area contributed by atoms with Crippen molar-refractivity contribution < 1.29 is 27.6 Å². The SMILES string of the molecule is CN[C@H](C(=O)N[C@H](C(=O)N(C)[C@H](/C=C(\C)C(=O)NS(=O)(=O)Cc1ccccc1)C(C)C)C(C)(C)C)C(C)(C)c1ccc(-c2ccc(C(C)=O)cc2)cc1. The second-order valence-corrected chi connectivity index (χ2v) is 17.4. The Balaban J connectivity index is 1.81. The maximum absolute atomic E-state index is 14.3. The summed E-state index contributed by atoms with van der Waals surface area (Å²) in [6.07, 6.45) is 1.60. The Bertz CT molecular complexity index is 1900. The Morgan fingerprint density at radius 3 is 1.79 bits per heavy atom. The summed E-state index contributed by atoms with van der Waals surface area (Å²) in [5.41, 5.74) is 2.82. The minimum absolute atomic E-state index is 0.00744. The summed E-state index contributed by atoms with van der Waals surface area (Å²) in [6, 6.07) is 21.7. The van der Waals surface area contributed by atoms with Crippen molar-refractivity contribution in [2.45, 2.75) is 91.6 Å². The number of carbonyl (C=O) groups is 4. The lowest BCUT2D eigenvalue weighted by Gasteiger charge is -2.40. The van der Waals surface area contributed by atoms with E-state index in [0.29, 0.717) is 11.1 Å². The number of likely N-dealkylation sites (N-methyl/N-ethyl adjacent to an activating group) is 2. The molecule has 0 saturated heterocycles. The summed E-state index contributed by atoms with van der Waals surface area (Å²) in [5.74, 6) is -1.96. The smallest absolute Gasteiger partial charge is 0.260 e. The Morgan fingerprint density at radius 1 is 0.792 bits per heavy atom. The van der Waals surface area contributed by atoms with E-state index < -0.39 is 44.9 Å². The van der Waals surface area contributed by atoms with Gasteiger partial charge >= 0.3 is 0 Å². The third-order valence-corrected chi connectivity index (χ3v) is 10.8. The highest BCUT2D eigenvalue weighted by Crippen LogP contribution is 2.31. The highest BCUT2D eigenvalue weighted by atomic mass is 32.2. The van der Waals surface area contributed by atoms with E-state index in [9.17, 15) is 27.6 Å². The maximum atomic E-state index is 14.3. The van der Waals surface area contributed by atoms with Gasteiger partial charge in [0.1, 0.15) is 6.04 Å². The largest absolute Gasteiger partial charge is 0.342 e. The van der Waals surface area contributed by atoms with Crippen LogP contribution < -0.4 is 15.4 Å². The molecule has 3 N–H and O–H groups in total. The van der Waals surface area contributed by atoms with Crippen LogP contribution in [-0.2, 0) is 35.6 Å². The molecule has 0 aromatic heterocycles. The molecule has 3 aromatic carbocycles. The number of rotatable bonds is 15. The molecule has 0 aliphatic carbocycles.